The molecule has 0 aliphatic carbocycles. The molecule has 2 aliphatic rings. The summed E-state index contributed by atoms with van der Waals surface area (Å²) >= 11 is 0. The fourth-order valence-electron chi connectivity index (χ4n) is 5.59. The van der Waals surface area contributed by atoms with Crippen LogP contribution >= 0.6 is 0 Å². The lowest BCUT2D eigenvalue weighted by Crippen LogP contribution is -2.35. The molecule has 0 N–H and O–H groups in total. The van der Waals surface area contributed by atoms with E-state index in [0.29, 0.717) is 12.6 Å². The zero-order valence-corrected chi connectivity index (χ0v) is 20.6. The van der Waals surface area contributed by atoms with E-state index in [1.807, 2.05) is 11.1 Å². The molecule has 0 bridgehead atoms. The Morgan fingerprint density at radius 3 is 2.71 bits per heavy atom. The van der Waals surface area contributed by atoms with Crippen LogP contribution in [-0.4, -0.2) is 49.7 Å². The van der Waals surface area contributed by atoms with Gasteiger partial charge < -0.3 is 14.0 Å². The lowest BCUT2D eigenvalue weighted by molar-refractivity contribution is -0.129. The molecule has 0 atom stereocenters. The first kappa shape index (κ1) is 22.0. The molecular formula is C28H31N5O2. The molecule has 1 fully saturated rings. The van der Waals surface area contributed by atoms with E-state index in [0.717, 1.165) is 72.7 Å². The number of hydrogen-bond acceptors (Lipinski definition) is 4. The lowest BCUT2D eigenvalue weighted by Gasteiger charge is -2.29. The molecule has 4 aromatic rings. The Bertz CT molecular complexity index is 1430. The first-order valence-electron chi connectivity index (χ1n) is 12.5. The highest BCUT2D eigenvalue weighted by Gasteiger charge is 2.31. The second-order valence-electron chi connectivity index (χ2n) is 9.85. The fraction of sp³-hybridized carbons (Fsp3) is 0.393. The Morgan fingerprint density at radius 2 is 1.94 bits per heavy atom. The molecule has 0 radical (unpaired) electrons. The van der Waals surface area contributed by atoms with Crippen molar-refractivity contribution in [2.24, 2.45) is 0 Å². The fourth-order valence-corrected chi connectivity index (χ4v) is 5.59. The molecule has 3 aromatic heterocycles. The van der Waals surface area contributed by atoms with Crippen LogP contribution in [0.15, 0.2) is 42.7 Å². The van der Waals surface area contributed by atoms with E-state index < -0.39 is 0 Å². The number of ether oxygens (including phenoxy) is 1. The van der Waals surface area contributed by atoms with Crippen LogP contribution in [0.4, 0.5) is 0 Å². The largest absolute Gasteiger partial charge is 0.381 e. The molecule has 180 valence electrons. The molecule has 7 heteroatoms. The molecule has 0 unspecified atom stereocenters. The molecule has 35 heavy (non-hydrogen) atoms. The smallest absolute Gasteiger partial charge is 0.219 e. The monoisotopic (exact) mass is 469 g/mol. The third-order valence-corrected chi connectivity index (χ3v) is 7.46. The number of carbonyl (C=O) groups is 1. The molecule has 0 saturated carbocycles. The van der Waals surface area contributed by atoms with E-state index in [-0.39, 0.29) is 5.91 Å². The number of hydrogen-bond donors (Lipinski definition) is 0. The van der Waals surface area contributed by atoms with Gasteiger partial charge in [-0.3, -0.25) is 9.48 Å². The van der Waals surface area contributed by atoms with Gasteiger partial charge in [0.2, 0.25) is 5.91 Å². The van der Waals surface area contributed by atoms with Crippen LogP contribution in [0.1, 0.15) is 48.2 Å². The molecule has 2 aliphatic heterocycles. The summed E-state index contributed by atoms with van der Waals surface area (Å²) in [4.78, 5) is 19.3. The molecule has 6 rings (SSSR count). The average Bonchev–Trinajstić information content (AvgIpc) is 3.46. The number of imidazole rings is 1. The number of pyridine rings is 1. The second-order valence-corrected chi connectivity index (χ2v) is 9.85. The van der Waals surface area contributed by atoms with Crippen molar-refractivity contribution in [3.05, 3.63) is 65.1 Å². The summed E-state index contributed by atoms with van der Waals surface area (Å²) in [6.45, 7) is 8.76. The van der Waals surface area contributed by atoms with Gasteiger partial charge in [0, 0.05) is 74.4 Å². The number of nitrogens with zero attached hydrogens (tertiary/aromatic N) is 5. The van der Waals surface area contributed by atoms with E-state index in [4.69, 9.17) is 14.8 Å². The molecule has 1 aromatic carbocycles. The first-order chi connectivity index (χ1) is 17.0. The third-order valence-electron chi connectivity index (χ3n) is 7.46. The van der Waals surface area contributed by atoms with E-state index in [1.54, 1.807) is 6.92 Å². The summed E-state index contributed by atoms with van der Waals surface area (Å²) in [5.41, 5.74) is 9.82. The quantitative estimate of drug-likeness (QED) is 0.435. The topological polar surface area (TPSA) is 64.7 Å². The average molecular weight is 470 g/mol. The van der Waals surface area contributed by atoms with Crippen molar-refractivity contribution in [1.82, 2.24) is 24.1 Å². The van der Waals surface area contributed by atoms with Crippen LogP contribution in [0.5, 0.6) is 0 Å². The summed E-state index contributed by atoms with van der Waals surface area (Å²) in [7, 11) is 0. The zero-order valence-electron chi connectivity index (χ0n) is 20.6. The van der Waals surface area contributed by atoms with Gasteiger partial charge in [-0.15, -0.1) is 0 Å². The maximum atomic E-state index is 12.3. The van der Waals surface area contributed by atoms with Crippen LogP contribution in [-0.2, 0) is 22.5 Å². The van der Waals surface area contributed by atoms with Gasteiger partial charge in [0.1, 0.15) is 11.3 Å². The van der Waals surface area contributed by atoms with Crippen LogP contribution in [0.25, 0.3) is 28.2 Å². The Balaban J connectivity index is 1.50. The van der Waals surface area contributed by atoms with Crippen molar-refractivity contribution in [2.75, 3.05) is 19.8 Å². The number of aromatic nitrogens is 4. The molecule has 0 spiro atoms. The van der Waals surface area contributed by atoms with Crippen molar-refractivity contribution in [2.45, 2.75) is 52.6 Å². The highest BCUT2D eigenvalue weighted by atomic mass is 16.5. The number of aryl methyl sites for hydroxylation is 2. The second kappa shape index (κ2) is 8.64. The highest BCUT2D eigenvalue weighted by Crippen LogP contribution is 2.36. The molecule has 1 saturated heterocycles. The van der Waals surface area contributed by atoms with Gasteiger partial charge in [0.05, 0.1) is 11.7 Å². The molecular weight excluding hydrogens is 438 g/mol. The highest BCUT2D eigenvalue weighted by molar-refractivity contribution is 5.81. The van der Waals surface area contributed by atoms with E-state index in [9.17, 15) is 4.79 Å². The maximum absolute atomic E-state index is 12.3. The van der Waals surface area contributed by atoms with Crippen LogP contribution in [0.3, 0.4) is 0 Å². The van der Waals surface area contributed by atoms with Gasteiger partial charge in [-0.2, -0.15) is 5.10 Å². The predicted molar refractivity (Wildman–Crippen MR) is 135 cm³/mol. The Labute approximate surface area is 205 Å². The van der Waals surface area contributed by atoms with Crippen LogP contribution < -0.4 is 0 Å². The molecule has 5 heterocycles. The Morgan fingerprint density at radius 1 is 1.11 bits per heavy atom. The number of fused-ring (bicyclic) bond motifs is 2. The molecule has 1 amide bonds. The van der Waals surface area contributed by atoms with Crippen molar-refractivity contribution in [1.29, 1.82) is 0 Å². The van der Waals surface area contributed by atoms with Crippen LogP contribution in [0.2, 0.25) is 0 Å². The van der Waals surface area contributed by atoms with Gasteiger partial charge in [-0.05, 0) is 44.4 Å². The van der Waals surface area contributed by atoms with Gasteiger partial charge >= 0.3 is 0 Å². The minimum atomic E-state index is 0.108. The Hall–Kier alpha value is -3.45. The summed E-state index contributed by atoms with van der Waals surface area (Å²) in [5.74, 6) is 0.108. The Kier molecular flexibility index (Phi) is 5.44. The van der Waals surface area contributed by atoms with Crippen molar-refractivity contribution in [3.63, 3.8) is 0 Å². The number of amides is 1. The number of rotatable bonds is 3. The number of carbonyl (C=O) groups excluding carboxylic acids is 1. The van der Waals surface area contributed by atoms with E-state index in [2.05, 4.69) is 59.5 Å². The molecule has 7 nitrogen and oxygen atoms in total. The normalized spacial score (nSPS) is 16.6. The third kappa shape index (κ3) is 3.84. The number of benzene rings is 1. The first-order valence-corrected chi connectivity index (χ1v) is 12.5. The van der Waals surface area contributed by atoms with Crippen molar-refractivity contribution >= 4 is 11.6 Å². The SMILES string of the molecule is CC(=O)N1CCc2c(c(-c3cccn4cc(-c5ccc(C)cc5C)nc34)nn2C2CCOCC2)C1. The summed E-state index contributed by atoms with van der Waals surface area (Å²) in [5, 5.41) is 5.21. The summed E-state index contributed by atoms with van der Waals surface area (Å²) in [6.07, 6.45) is 6.90. The standard InChI is InChI=1S/C28H31N5O2/c1-18-6-7-22(19(2)15-18)25-17-32-11-4-5-23(28(32)29-25)27-24-16-31(20(3)34)12-8-26(24)33(30-27)21-9-13-35-14-10-21/h4-7,11,15,17,21H,8-10,12-14,16H2,1-3H3. The van der Waals surface area contributed by atoms with Crippen LogP contribution in [0, 0.1) is 13.8 Å². The zero-order chi connectivity index (χ0) is 24.1. The van der Waals surface area contributed by atoms with Crippen molar-refractivity contribution in [3.8, 4) is 22.5 Å². The van der Waals surface area contributed by atoms with E-state index >= 15 is 0 Å². The van der Waals surface area contributed by atoms with Gasteiger partial charge in [0.15, 0.2) is 0 Å². The minimum absolute atomic E-state index is 0.108. The van der Waals surface area contributed by atoms with Crippen molar-refractivity contribution < 1.29 is 9.53 Å². The minimum Gasteiger partial charge on any atom is -0.381 e. The maximum Gasteiger partial charge on any atom is 0.219 e. The van der Waals surface area contributed by atoms with Gasteiger partial charge in [-0.1, -0.05) is 23.8 Å². The lowest BCUT2D eigenvalue weighted by atomic mass is 10.0. The van der Waals surface area contributed by atoms with Gasteiger partial charge in [0.25, 0.3) is 0 Å². The summed E-state index contributed by atoms with van der Waals surface area (Å²) < 4.78 is 9.95. The van der Waals surface area contributed by atoms with E-state index in [1.165, 1.54) is 16.8 Å². The van der Waals surface area contributed by atoms with Gasteiger partial charge in [-0.25, -0.2) is 4.98 Å². The predicted octanol–water partition coefficient (Wildman–Crippen LogP) is 4.74. The summed E-state index contributed by atoms with van der Waals surface area (Å²) in [6, 6.07) is 11.0.